The predicted octanol–water partition coefficient (Wildman–Crippen LogP) is 0.940. The van der Waals surface area contributed by atoms with E-state index >= 15 is 0 Å². The summed E-state index contributed by atoms with van der Waals surface area (Å²) in [5, 5.41) is 3.30. The summed E-state index contributed by atoms with van der Waals surface area (Å²) in [5.74, 6) is 0.963. The van der Waals surface area contributed by atoms with Gasteiger partial charge in [0.25, 0.3) is 0 Å². The van der Waals surface area contributed by atoms with Crippen LogP contribution in [-0.2, 0) is 4.74 Å². The Morgan fingerprint density at radius 2 is 2.55 bits per heavy atom. The molecule has 0 unspecified atom stereocenters. The topological polar surface area (TPSA) is 34.4 Å². The largest absolute Gasteiger partial charge is 0.468 e. The average Bonchev–Trinajstić information content (AvgIpc) is 2.58. The van der Waals surface area contributed by atoms with Crippen molar-refractivity contribution in [1.29, 1.82) is 0 Å². The van der Waals surface area contributed by atoms with Crippen molar-refractivity contribution < 1.29 is 9.15 Å². The molecule has 1 aromatic rings. The van der Waals surface area contributed by atoms with Crippen LogP contribution in [0.15, 0.2) is 22.8 Å². The van der Waals surface area contributed by atoms with E-state index in [1.54, 1.807) is 6.26 Å². The molecule has 1 aliphatic rings. The lowest BCUT2D eigenvalue weighted by Crippen LogP contribution is -2.34. The lowest BCUT2D eigenvalue weighted by Gasteiger charge is -2.21. The molecular weight excluding hydrogens is 142 g/mol. The fraction of sp³-hybridized carbons (Fsp3) is 0.500. The Kier molecular flexibility index (Phi) is 1.92. The van der Waals surface area contributed by atoms with Crippen molar-refractivity contribution in [1.82, 2.24) is 5.32 Å². The highest BCUT2D eigenvalue weighted by Crippen LogP contribution is 2.15. The Morgan fingerprint density at radius 1 is 1.55 bits per heavy atom. The first-order chi connectivity index (χ1) is 5.47. The summed E-state index contributed by atoms with van der Waals surface area (Å²) in [7, 11) is 0. The number of nitrogens with one attached hydrogen (secondary N) is 1. The van der Waals surface area contributed by atoms with Crippen LogP contribution in [0.3, 0.4) is 0 Å². The Labute approximate surface area is 65.3 Å². The molecule has 0 spiro atoms. The molecule has 1 fully saturated rings. The first kappa shape index (κ1) is 6.88. The summed E-state index contributed by atoms with van der Waals surface area (Å²) in [6.07, 6.45) is 1.69. The van der Waals surface area contributed by atoms with Gasteiger partial charge in [0.15, 0.2) is 0 Å². The highest BCUT2D eigenvalue weighted by molar-refractivity contribution is 5.04. The van der Waals surface area contributed by atoms with Crippen molar-refractivity contribution in [2.45, 2.75) is 6.04 Å². The van der Waals surface area contributed by atoms with E-state index in [-0.39, 0.29) is 6.04 Å². The van der Waals surface area contributed by atoms with Crippen LogP contribution in [-0.4, -0.2) is 19.8 Å². The number of hydrogen-bond acceptors (Lipinski definition) is 3. The van der Waals surface area contributed by atoms with Gasteiger partial charge >= 0.3 is 0 Å². The molecule has 0 amide bonds. The third-order valence-electron chi connectivity index (χ3n) is 1.81. The molecule has 3 heteroatoms. The number of hydrogen-bond donors (Lipinski definition) is 1. The highest BCUT2D eigenvalue weighted by Gasteiger charge is 2.16. The SMILES string of the molecule is c1coc([C@H]2COCCN2)c1. The lowest BCUT2D eigenvalue weighted by atomic mass is 10.2. The summed E-state index contributed by atoms with van der Waals surface area (Å²) in [4.78, 5) is 0. The summed E-state index contributed by atoms with van der Waals surface area (Å²) in [5.41, 5.74) is 0. The van der Waals surface area contributed by atoms with Gasteiger partial charge in [-0.2, -0.15) is 0 Å². The molecule has 0 aromatic carbocycles. The van der Waals surface area contributed by atoms with Gasteiger partial charge in [-0.25, -0.2) is 0 Å². The van der Waals surface area contributed by atoms with Gasteiger partial charge in [0, 0.05) is 6.54 Å². The number of morpholine rings is 1. The Balaban J connectivity index is 2.04. The van der Waals surface area contributed by atoms with Gasteiger partial charge in [-0.15, -0.1) is 0 Å². The van der Waals surface area contributed by atoms with Crippen LogP contribution in [0.25, 0.3) is 0 Å². The smallest absolute Gasteiger partial charge is 0.123 e. The van der Waals surface area contributed by atoms with Gasteiger partial charge in [0.05, 0.1) is 25.5 Å². The van der Waals surface area contributed by atoms with E-state index < -0.39 is 0 Å². The third kappa shape index (κ3) is 1.44. The van der Waals surface area contributed by atoms with E-state index in [4.69, 9.17) is 9.15 Å². The van der Waals surface area contributed by atoms with E-state index in [0.717, 1.165) is 18.9 Å². The van der Waals surface area contributed by atoms with Gasteiger partial charge in [-0.05, 0) is 12.1 Å². The quantitative estimate of drug-likeness (QED) is 0.652. The van der Waals surface area contributed by atoms with Gasteiger partial charge < -0.3 is 14.5 Å². The molecule has 2 rings (SSSR count). The second-order valence-corrected chi connectivity index (χ2v) is 2.60. The van der Waals surface area contributed by atoms with E-state index in [1.165, 1.54) is 0 Å². The lowest BCUT2D eigenvalue weighted by molar-refractivity contribution is 0.0699. The standard InChI is InChI=1S/C8H11NO2/c1-2-8(11-4-1)7-6-10-5-3-9-7/h1-2,4,7,9H,3,5-6H2/t7-/m1/s1. The van der Waals surface area contributed by atoms with Crippen LogP contribution in [0.5, 0.6) is 0 Å². The maximum absolute atomic E-state index is 5.28. The Hall–Kier alpha value is -0.800. The van der Waals surface area contributed by atoms with Crippen molar-refractivity contribution in [3.8, 4) is 0 Å². The fourth-order valence-corrected chi connectivity index (χ4v) is 1.24. The first-order valence-electron chi connectivity index (χ1n) is 3.81. The van der Waals surface area contributed by atoms with Crippen LogP contribution < -0.4 is 5.32 Å². The van der Waals surface area contributed by atoms with Crippen molar-refractivity contribution in [3.05, 3.63) is 24.2 Å². The summed E-state index contributed by atoms with van der Waals surface area (Å²) in [6.45, 7) is 2.43. The monoisotopic (exact) mass is 153 g/mol. The zero-order valence-corrected chi connectivity index (χ0v) is 6.25. The van der Waals surface area contributed by atoms with Crippen molar-refractivity contribution in [3.63, 3.8) is 0 Å². The minimum Gasteiger partial charge on any atom is -0.468 e. The maximum Gasteiger partial charge on any atom is 0.123 e. The van der Waals surface area contributed by atoms with Crippen LogP contribution in [0, 0.1) is 0 Å². The molecular formula is C8H11NO2. The normalized spacial score (nSPS) is 25.3. The van der Waals surface area contributed by atoms with Gasteiger partial charge in [-0.3, -0.25) is 0 Å². The molecule has 1 saturated heterocycles. The summed E-state index contributed by atoms with van der Waals surface area (Å²) < 4.78 is 10.5. The molecule has 1 aromatic heterocycles. The minimum absolute atomic E-state index is 0.249. The molecule has 11 heavy (non-hydrogen) atoms. The van der Waals surface area contributed by atoms with E-state index in [0.29, 0.717) is 6.61 Å². The van der Waals surface area contributed by atoms with Crippen LogP contribution in [0.1, 0.15) is 11.8 Å². The fourth-order valence-electron chi connectivity index (χ4n) is 1.24. The van der Waals surface area contributed by atoms with Gasteiger partial charge in [0.2, 0.25) is 0 Å². The average molecular weight is 153 g/mol. The molecule has 3 nitrogen and oxygen atoms in total. The Morgan fingerprint density at radius 3 is 3.18 bits per heavy atom. The molecule has 60 valence electrons. The molecule has 0 bridgehead atoms. The molecule has 0 radical (unpaired) electrons. The summed E-state index contributed by atoms with van der Waals surface area (Å²) >= 11 is 0. The predicted molar refractivity (Wildman–Crippen MR) is 40.3 cm³/mol. The molecule has 0 aliphatic carbocycles. The van der Waals surface area contributed by atoms with Gasteiger partial charge in [-0.1, -0.05) is 0 Å². The number of rotatable bonds is 1. The third-order valence-corrected chi connectivity index (χ3v) is 1.81. The zero-order valence-electron chi connectivity index (χ0n) is 6.25. The van der Waals surface area contributed by atoms with Gasteiger partial charge in [0.1, 0.15) is 5.76 Å². The molecule has 1 atom stereocenters. The van der Waals surface area contributed by atoms with Crippen LogP contribution in [0.4, 0.5) is 0 Å². The highest BCUT2D eigenvalue weighted by atomic mass is 16.5. The molecule has 1 aliphatic heterocycles. The summed E-state index contributed by atoms with van der Waals surface area (Å²) in [6, 6.07) is 4.11. The first-order valence-corrected chi connectivity index (χ1v) is 3.81. The second-order valence-electron chi connectivity index (χ2n) is 2.60. The van der Waals surface area contributed by atoms with Crippen molar-refractivity contribution in [2.75, 3.05) is 19.8 Å². The van der Waals surface area contributed by atoms with E-state index in [9.17, 15) is 0 Å². The second kappa shape index (κ2) is 3.07. The van der Waals surface area contributed by atoms with E-state index in [2.05, 4.69) is 5.32 Å². The minimum atomic E-state index is 0.249. The molecule has 0 saturated carbocycles. The number of furan rings is 1. The van der Waals surface area contributed by atoms with Crippen LogP contribution >= 0.6 is 0 Å². The number of ether oxygens (including phenoxy) is 1. The van der Waals surface area contributed by atoms with Crippen molar-refractivity contribution in [2.24, 2.45) is 0 Å². The zero-order chi connectivity index (χ0) is 7.52. The van der Waals surface area contributed by atoms with E-state index in [1.807, 2.05) is 12.1 Å². The maximum atomic E-state index is 5.28. The molecule has 2 heterocycles. The Bertz CT molecular complexity index is 202. The molecule has 1 N–H and O–H groups in total. The van der Waals surface area contributed by atoms with Crippen LogP contribution in [0.2, 0.25) is 0 Å². The van der Waals surface area contributed by atoms with Crippen molar-refractivity contribution >= 4 is 0 Å².